The number of benzene rings is 3. The van der Waals surface area contributed by atoms with Gasteiger partial charge in [-0.1, -0.05) is 32.0 Å². The molecule has 1 saturated heterocycles. The summed E-state index contributed by atoms with van der Waals surface area (Å²) in [6.07, 6.45) is 2.81. The number of aliphatic imine (C=N–C) groups is 1. The summed E-state index contributed by atoms with van der Waals surface area (Å²) in [5.41, 5.74) is 0.845. The number of amidine groups is 1. The van der Waals surface area contributed by atoms with Gasteiger partial charge in [-0.25, -0.2) is 4.39 Å². The van der Waals surface area contributed by atoms with E-state index in [1.54, 1.807) is 6.08 Å². The second-order valence-corrected chi connectivity index (χ2v) is 8.39. The van der Waals surface area contributed by atoms with E-state index in [0.717, 1.165) is 35.4 Å². The summed E-state index contributed by atoms with van der Waals surface area (Å²) >= 11 is 0. The van der Waals surface area contributed by atoms with Crippen molar-refractivity contribution in [2.24, 2.45) is 4.99 Å². The molecule has 1 aliphatic heterocycles. The fraction of sp³-hybridized carbons (Fsp3) is 0.250. The highest BCUT2D eigenvalue weighted by atomic mass is 19.1. The van der Waals surface area contributed by atoms with Gasteiger partial charge in [-0.3, -0.25) is 14.9 Å². The Morgan fingerprint density at radius 1 is 1.08 bits per heavy atom. The lowest BCUT2D eigenvalue weighted by Gasteiger charge is -2.13. The van der Waals surface area contributed by atoms with E-state index < -0.39 is 24.1 Å². The van der Waals surface area contributed by atoms with Crippen LogP contribution in [0.25, 0.3) is 16.8 Å². The summed E-state index contributed by atoms with van der Waals surface area (Å²) in [7, 11) is 0. The van der Waals surface area contributed by atoms with Gasteiger partial charge >= 0.3 is 12.0 Å². The predicted octanol–water partition coefficient (Wildman–Crippen LogP) is 5.36. The molecule has 0 saturated carbocycles. The number of carboxylic acid groups (broad SMARTS) is 1. The quantitative estimate of drug-likeness (QED) is 0.359. The monoisotopic (exact) mass is 506 g/mol. The van der Waals surface area contributed by atoms with Gasteiger partial charge in [0.2, 0.25) is 0 Å². The standard InChI is InChI=1S/C28H27FN2O6/c1-3-10-35-23-7-5-6-17-12-19(24(16-21(17)23)36-11-4-2)13-25-27(34)31-28(37-25)30-20-9-8-18(14-26(32)33)22(29)15-20/h5-9,12-13,15-16H,3-4,10-11,14H2,1-2H3,(H,32,33)(H,30,31,34). The van der Waals surface area contributed by atoms with Crippen LogP contribution >= 0.6 is 0 Å². The third-order valence-corrected chi connectivity index (χ3v) is 5.44. The van der Waals surface area contributed by atoms with E-state index >= 15 is 0 Å². The molecule has 1 heterocycles. The Balaban J connectivity index is 1.64. The normalized spacial score (nSPS) is 15.2. The Kier molecular flexibility index (Phi) is 8.02. The number of halogens is 1. The van der Waals surface area contributed by atoms with Crippen LogP contribution < -0.4 is 14.8 Å². The zero-order valence-electron chi connectivity index (χ0n) is 20.5. The number of nitrogens with zero attached hydrogens (tertiary/aromatic N) is 1. The number of rotatable bonds is 10. The molecule has 192 valence electrons. The number of carboxylic acids is 1. The molecule has 0 aliphatic carbocycles. The zero-order chi connectivity index (χ0) is 26.4. The van der Waals surface area contributed by atoms with E-state index in [4.69, 9.17) is 19.3 Å². The molecule has 0 atom stereocenters. The highest BCUT2D eigenvalue weighted by molar-refractivity contribution is 6.12. The van der Waals surface area contributed by atoms with Crippen molar-refractivity contribution in [3.63, 3.8) is 0 Å². The fourth-order valence-corrected chi connectivity index (χ4v) is 3.73. The summed E-state index contributed by atoms with van der Waals surface area (Å²) < 4.78 is 31.7. The summed E-state index contributed by atoms with van der Waals surface area (Å²) in [5, 5.41) is 13.2. The molecule has 4 rings (SSSR count). The smallest absolute Gasteiger partial charge is 0.307 e. The molecule has 0 spiro atoms. The predicted molar refractivity (Wildman–Crippen MR) is 138 cm³/mol. The van der Waals surface area contributed by atoms with Crippen LogP contribution in [0.5, 0.6) is 11.5 Å². The van der Waals surface area contributed by atoms with Crippen molar-refractivity contribution in [2.75, 3.05) is 13.2 Å². The highest BCUT2D eigenvalue weighted by Gasteiger charge is 2.26. The number of carbonyl (C=O) groups excluding carboxylic acids is 1. The van der Waals surface area contributed by atoms with Gasteiger partial charge in [0.05, 0.1) is 25.3 Å². The van der Waals surface area contributed by atoms with E-state index in [9.17, 15) is 14.0 Å². The van der Waals surface area contributed by atoms with Crippen LogP contribution in [0.4, 0.5) is 10.1 Å². The molecule has 9 heteroatoms. The van der Waals surface area contributed by atoms with Crippen LogP contribution in [0.1, 0.15) is 37.8 Å². The second-order valence-electron chi connectivity index (χ2n) is 8.39. The van der Waals surface area contributed by atoms with E-state index in [-0.39, 0.29) is 23.0 Å². The molecule has 1 fully saturated rings. The Hall–Kier alpha value is -4.40. The molecule has 3 aromatic rings. The lowest BCUT2D eigenvalue weighted by molar-refractivity contribution is -0.136. The lowest BCUT2D eigenvalue weighted by atomic mass is 10.0. The van der Waals surface area contributed by atoms with Crippen LogP contribution in [0.15, 0.2) is 59.3 Å². The number of aliphatic carboxylic acids is 1. The van der Waals surface area contributed by atoms with Crippen LogP contribution in [-0.2, 0) is 20.7 Å². The molecular weight excluding hydrogens is 479 g/mol. The minimum absolute atomic E-state index is 0.000746. The number of fused-ring (bicyclic) bond motifs is 1. The van der Waals surface area contributed by atoms with Gasteiger partial charge in [0.25, 0.3) is 5.91 Å². The van der Waals surface area contributed by atoms with Crippen LogP contribution in [0.3, 0.4) is 0 Å². The average molecular weight is 507 g/mol. The van der Waals surface area contributed by atoms with Crippen molar-refractivity contribution in [3.05, 3.63) is 71.2 Å². The van der Waals surface area contributed by atoms with Gasteiger partial charge in [-0.2, -0.15) is 4.99 Å². The third-order valence-electron chi connectivity index (χ3n) is 5.44. The van der Waals surface area contributed by atoms with Gasteiger partial charge in [-0.15, -0.1) is 0 Å². The number of hydrogen-bond donors (Lipinski definition) is 2. The molecular formula is C28H27FN2O6. The van der Waals surface area contributed by atoms with Gasteiger partial charge in [0, 0.05) is 10.9 Å². The first-order chi connectivity index (χ1) is 17.9. The molecule has 3 aromatic carbocycles. The van der Waals surface area contributed by atoms with E-state index in [2.05, 4.69) is 10.3 Å². The van der Waals surface area contributed by atoms with E-state index in [1.165, 1.54) is 12.1 Å². The molecule has 0 bridgehead atoms. The second kappa shape index (κ2) is 11.6. The van der Waals surface area contributed by atoms with Crippen molar-refractivity contribution in [1.82, 2.24) is 5.32 Å². The van der Waals surface area contributed by atoms with Crippen LogP contribution in [-0.4, -0.2) is 36.2 Å². The van der Waals surface area contributed by atoms with Crippen molar-refractivity contribution >= 4 is 40.4 Å². The van der Waals surface area contributed by atoms with Gasteiger partial charge in [-0.05, 0) is 60.2 Å². The minimum Gasteiger partial charge on any atom is -0.493 e. The molecule has 1 aliphatic rings. The van der Waals surface area contributed by atoms with Gasteiger partial charge in [0.15, 0.2) is 5.76 Å². The number of amides is 1. The number of nitrogens with one attached hydrogen (secondary N) is 1. The van der Waals surface area contributed by atoms with Crippen molar-refractivity contribution in [2.45, 2.75) is 33.1 Å². The summed E-state index contributed by atoms with van der Waals surface area (Å²) in [5.74, 6) is -1.03. The average Bonchev–Trinajstić information content (AvgIpc) is 3.20. The topological polar surface area (TPSA) is 106 Å². The summed E-state index contributed by atoms with van der Waals surface area (Å²) in [6, 6.07) is 13.3. The van der Waals surface area contributed by atoms with Crippen LogP contribution in [0, 0.1) is 5.82 Å². The number of hydrogen-bond acceptors (Lipinski definition) is 6. The maximum Gasteiger partial charge on any atom is 0.307 e. The SMILES string of the molecule is CCCOc1cc2c(OCCC)cccc2cc1C=C1OC(=Nc2ccc(CC(=O)O)c(F)c2)NC1=O. The molecule has 0 unspecified atom stereocenters. The highest BCUT2D eigenvalue weighted by Crippen LogP contribution is 2.34. The Morgan fingerprint density at radius 3 is 2.54 bits per heavy atom. The van der Waals surface area contributed by atoms with E-state index in [1.807, 2.05) is 44.2 Å². The maximum atomic E-state index is 14.2. The minimum atomic E-state index is -1.14. The first-order valence-electron chi connectivity index (χ1n) is 12.0. The van der Waals surface area contributed by atoms with Crippen molar-refractivity contribution in [1.29, 1.82) is 0 Å². The third kappa shape index (κ3) is 6.24. The maximum absolute atomic E-state index is 14.2. The van der Waals surface area contributed by atoms with Crippen molar-refractivity contribution < 1.29 is 33.3 Å². The largest absolute Gasteiger partial charge is 0.493 e. The zero-order valence-corrected chi connectivity index (χ0v) is 20.5. The van der Waals surface area contributed by atoms with Crippen LogP contribution in [0.2, 0.25) is 0 Å². The molecule has 8 nitrogen and oxygen atoms in total. The first kappa shape index (κ1) is 25.7. The number of ether oxygens (including phenoxy) is 3. The molecule has 0 radical (unpaired) electrons. The summed E-state index contributed by atoms with van der Waals surface area (Å²) in [6.45, 7) is 5.13. The van der Waals surface area contributed by atoms with Gasteiger partial charge in [0.1, 0.15) is 17.3 Å². The fourth-order valence-electron chi connectivity index (χ4n) is 3.73. The Labute approximate surface area is 213 Å². The van der Waals surface area contributed by atoms with Gasteiger partial charge < -0.3 is 19.3 Å². The Morgan fingerprint density at radius 2 is 1.84 bits per heavy atom. The first-order valence-corrected chi connectivity index (χ1v) is 12.0. The molecule has 2 N–H and O–H groups in total. The molecule has 1 amide bonds. The van der Waals surface area contributed by atoms with Crippen molar-refractivity contribution in [3.8, 4) is 11.5 Å². The molecule has 37 heavy (non-hydrogen) atoms. The summed E-state index contributed by atoms with van der Waals surface area (Å²) in [4.78, 5) is 27.6. The van der Waals surface area contributed by atoms with E-state index in [0.29, 0.717) is 24.5 Å². The number of carbonyl (C=O) groups is 2. The Bertz CT molecular complexity index is 1400. The lowest BCUT2D eigenvalue weighted by Crippen LogP contribution is -2.20. The molecule has 0 aromatic heterocycles.